The first kappa shape index (κ1) is 26.2. The van der Waals surface area contributed by atoms with Crippen LogP contribution in [0.1, 0.15) is 36.6 Å². The van der Waals surface area contributed by atoms with E-state index in [0.717, 1.165) is 26.5 Å². The number of nitrogens with two attached hydrogens (primary N) is 1. The standard InChI is InChI=1S/C23H28N4O4S.ClH/c1-3-4-11-32(30,31)27(15-22(28)29)19-9-10-21-18(13-19)14-20(26(21)2)12-16-5-7-17(8-6-16)23(24)25;/h5-10,13-14H,3-4,11-12,15H2,1-2H3,(H3,24,25)(H,28,29);1H. The predicted molar refractivity (Wildman–Crippen MR) is 134 cm³/mol. The number of sulfonamides is 1. The summed E-state index contributed by atoms with van der Waals surface area (Å²) in [6.45, 7) is 1.28. The van der Waals surface area contributed by atoms with Crippen LogP contribution in [0, 0.1) is 5.41 Å². The van der Waals surface area contributed by atoms with E-state index in [0.29, 0.717) is 30.5 Å². The van der Waals surface area contributed by atoms with Gasteiger partial charge >= 0.3 is 5.97 Å². The maximum Gasteiger partial charge on any atom is 0.324 e. The molecule has 2 aromatic carbocycles. The van der Waals surface area contributed by atoms with Crippen molar-refractivity contribution in [3.63, 3.8) is 0 Å². The predicted octanol–water partition coefficient (Wildman–Crippen LogP) is 3.50. The lowest BCUT2D eigenvalue weighted by Crippen LogP contribution is -2.37. The number of rotatable bonds is 10. The van der Waals surface area contributed by atoms with E-state index in [1.807, 2.05) is 54.9 Å². The number of carbonyl (C=O) groups is 1. The van der Waals surface area contributed by atoms with Gasteiger partial charge in [-0.25, -0.2) is 8.42 Å². The quantitative estimate of drug-likeness (QED) is 0.294. The molecule has 0 radical (unpaired) electrons. The molecule has 1 heterocycles. The molecule has 4 N–H and O–H groups in total. The molecule has 3 rings (SSSR count). The maximum atomic E-state index is 12.8. The monoisotopic (exact) mass is 492 g/mol. The third-order valence-electron chi connectivity index (χ3n) is 5.43. The van der Waals surface area contributed by atoms with Crippen molar-refractivity contribution < 1.29 is 18.3 Å². The molecule has 178 valence electrons. The summed E-state index contributed by atoms with van der Waals surface area (Å²) in [5, 5.41) is 17.6. The van der Waals surface area contributed by atoms with Gasteiger partial charge < -0.3 is 15.4 Å². The summed E-state index contributed by atoms with van der Waals surface area (Å²) in [6, 6.07) is 14.6. The number of halogens is 1. The van der Waals surface area contributed by atoms with Crippen molar-refractivity contribution in [2.24, 2.45) is 12.8 Å². The molecule has 0 aliphatic rings. The van der Waals surface area contributed by atoms with E-state index < -0.39 is 22.5 Å². The Morgan fingerprint density at radius 1 is 1.15 bits per heavy atom. The number of aliphatic carboxylic acids is 1. The van der Waals surface area contributed by atoms with Crippen LogP contribution in [0.5, 0.6) is 0 Å². The highest BCUT2D eigenvalue weighted by Crippen LogP contribution is 2.28. The van der Waals surface area contributed by atoms with Crippen LogP contribution in [0.15, 0.2) is 48.5 Å². The minimum atomic E-state index is -3.75. The lowest BCUT2D eigenvalue weighted by Gasteiger charge is -2.22. The molecule has 0 fully saturated rings. The largest absolute Gasteiger partial charge is 0.480 e. The van der Waals surface area contributed by atoms with Gasteiger partial charge in [0.05, 0.1) is 11.4 Å². The zero-order valence-electron chi connectivity index (χ0n) is 18.6. The SMILES string of the molecule is CCCCS(=O)(=O)N(CC(=O)O)c1ccc2c(c1)cc(Cc1ccc(C(=N)N)cc1)n2C.Cl. The summed E-state index contributed by atoms with van der Waals surface area (Å²) in [5.74, 6) is -1.27. The van der Waals surface area contributed by atoms with Crippen molar-refractivity contribution in [1.29, 1.82) is 5.41 Å². The number of nitrogen functional groups attached to an aromatic ring is 1. The number of nitrogens with one attached hydrogen (secondary N) is 1. The molecule has 1 aromatic heterocycles. The summed E-state index contributed by atoms with van der Waals surface area (Å²) >= 11 is 0. The van der Waals surface area contributed by atoms with E-state index in [-0.39, 0.29) is 24.0 Å². The van der Waals surface area contributed by atoms with Crippen molar-refractivity contribution in [3.8, 4) is 0 Å². The number of hydrogen-bond acceptors (Lipinski definition) is 4. The van der Waals surface area contributed by atoms with Gasteiger partial charge in [-0.05, 0) is 36.2 Å². The van der Waals surface area contributed by atoms with E-state index >= 15 is 0 Å². The number of benzene rings is 2. The Morgan fingerprint density at radius 3 is 2.39 bits per heavy atom. The van der Waals surface area contributed by atoms with Crippen LogP contribution >= 0.6 is 12.4 Å². The average Bonchev–Trinajstić information content (AvgIpc) is 3.05. The smallest absolute Gasteiger partial charge is 0.324 e. The second-order valence-corrected chi connectivity index (χ2v) is 9.81. The summed E-state index contributed by atoms with van der Waals surface area (Å²) in [4.78, 5) is 11.4. The van der Waals surface area contributed by atoms with Crippen molar-refractivity contribution >= 4 is 50.8 Å². The van der Waals surface area contributed by atoms with E-state index in [9.17, 15) is 18.3 Å². The molecule has 0 unspecified atom stereocenters. The first-order valence-electron chi connectivity index (χ1n) is 10.4. The van der Waals surface area contributed by atoms with Gasteiger partial charge in [-0.2, -0.15) is 0 Å². The van der Waals surface area contributed by atoms with Crippen LogP contribution in [-0.4, -0.2) is 42.2 Å². The van der Waals surface area contributed by atoms with Crippen LogP contribution in [-0.2, 0) is 28.3 Å². The molecule has 8 nitrogen and oxygen atoms in total. The van der Waals surface area contributed by atoms with Gasteiger partial charge in [-0.3, -0.25) is 14.5 Å². The molecule has 0 aliphatic carbocycles. The highest BCUT2D eigenvalue weighted by Gasteiger charge is 2.25. The van der Waals surface area contributed by atoms with Crippen molar-refractivity contribution in [2.45, 2.75) is 26.2 Å². The number of anilines is 1. The van der Waals surface area contributed by atoms with Crippen LogP contribution in [0.4, 0.5) is 5.69 Å². The zero-order valence-corrected chi connectivity index (χ0v) is 20.2. The summed E-state index contributed by atoms with van der Waals surface area (Å²) in [7, 11) is -1.81. The number of aryl methyl sites for hydroxylation is 1. The van der Waals surface area contributed by atoms with Crippen LogP contribution in [0.2, 0.25) is 0 Å². The number of unbranched alkanes of at least 4 members (excludes halogenated alkanes) is 1. The van der Waals surface area contributed by atoms with Crippen LogP contribution in [0.3, 0.4) is 0 Å². The summed E-state index contributed by atoms with van der Waals surface area (Å²) < 4.78 is 28.6. The fourth-order valence-corrected chi connectivity index (χ4v) is 5.26. The number of carboxylic acid groups (broad SMARTS) is 1. The molecule has 0 bridgehead atoms. The fourth-order valence-electron chi connectivity index (χ4n) is 3.64. The van der Waals surface area contributed by atoms with E-state index in [2.05, 4.69) is 0 Å². The minimum Gasteiger partial charge on any atom is -0.480 e. The highest BCUT2D eigenvalue weighted by atomic mass is 35.5. The summed E-state index contributed by atoms with van der Waals surface area (Å²) in [6.07, 6.45) is 1.82. The normalized spacial score (nSPS) is 11.2. The van der Waals surface area contributed by atoms with Crippen molar-refractivity contribution in [3.05, 3.63) is 65.4 Å². The molecule has 0 saturated carbocycles. The molecular formula is C23H29ClN4O4S. The molecule has 3 aromatic rings. The summed E-state index contributed by atoms with van der Waals surface area (Å²) in [5.41, 5.74) is 9.52. The number of hydrogen-bond donors (Lipinski definition) is 3. The fraction of sp³-hybridized carbons (Fsp3) is 0.304. The number of amidine groups is 1. The molecule has 0 atom stereocenters. The molecule has 0 amide bonds. The van der Waals surface area contributed by atoms with Gasteiger partial charge in [0.15, 0.2) is 0 Å². The van der Waals surface area contributed by atoms with Crippen LogP contribution < -0.4 is 10.0 Å². The Balaban J connectivity index is 0.00000385. The second kappa shape index (κ2) is 10.7. The molecule has 0 aliphatic heterocycles. The maximum absolute atomic E-state index is 12.8. The average molecular weight is 493 g/mol. The number of nitrogens with zero attached hydrogens (tertiary/aromatic N) is 2. The van der Waals surface area contributed by atoms with Gasteiger partial charge in [-0.1, -0.05) is 37.6 Å². The Bertz CT molecular complexity index is 1250. The van der Waals surface area contributed by atoms with E-state index in [1.54, 1.807) is 12.1 Å². The molecule has 33 heavy (non-hydrogen) atoms. The lowest BCUT2D eigenvalue weighted by atomic mass is 10.1. The molecule has 0 spiro atoms. The molecule has 0 saturated heterocycles. The van der Waals surface area contributed by atoms with Crippen LogP contribution in [0.25, 0.3) is 10.9 Å². The Kier molecular flexibility index (Phi) is 8.51. The van der Waals surface area contributed by atoms with Gasteiger partial charge in [0.2, 0.25) is 10.0 Å². The van der Waals surface area contributed by atoms with Crippen molar-refractivity contribution in [1.82, 2.24) is 4.57 Å². The number of aromatic nitrogens is 1. The van der Waals surface area contributed by atoms with Gasteiger partial charge in [0.1, 0.15) is 12.4 Å². The number of carboxylic acids is 1. The first-order valence-corrected chi connectivity index (χ1v) is 12.0. The first-order chi connectivity index (χ1) is 15.1. The van der Waals surface area contributed by atoms with Gasteiger partial charge in [0, 0.05) is 35.6 Å². The van der Waals surface area contributed by atoms with E-state index in [4.69, 9.17) is 11.1 Å². The second-order valence-electron chi connectivity index (χ2n) is 7.80. The Labute approximate surface area is 200 Å². The Morgan fingerprint density at radius 2 is 1.82 bits per heavy atom. The van der Waals surface area contributed by atoms with E-state index in [1.165, 1.54) is 0 Å². The van der Waals surface area contributed by atoms with Gasteiger partial charge in [0.25, 0.3) is 0 Å². The molecule has 10 heteroatoms. The van der Waals surface area contributed by atoms with Crippen molar-refractivity contribution in [2.75, 3.05) is 16.6 Å². The highest BCUT2D eigenvalue weighted by molar-refractivity contribution is 7.92. The van der Waals surface area contributed by atoms with Gasteiger partial charge in [-0.15, -0.1) is 12.4 Å². The minimum absolute atomic E-state index is 0. The zero-order chi connectivity index (χ0) is 23.5. The number of fused-ring (bicyclic) bond motifs is 1. The third kappa shape index (κ3) is 6.06. The lowest BCUT2D eigenvalue weighted by molar-refractivity contribution is -0.135. The Hall–Kier alpha value is -3.04. The third-order valence-corrected chi connectivity index (χ3v) is 7.25. The molecular weight excluding hydrogens is 464 g/mol. The topological polar surface area (TPSA) is 129 Å².